The molecule has 0 bridgehead atoms. The summed E-state index contributed by atoms with van der Waals surface area (Å²) >= 11 is 0. The summed E-state index contributed by atoms with van der Waals surface area (Å²) < 4.78 is 23.2. The number of benzene rings is 2. The van der Waals surface area contributed by atoms with E-state index in [1.54, 1.807) is 23.0 Å². The first-order valence-corrected chi connectivity index (χ1v) is 13.7. The Hall–Kier alpha value is -4.51. The number of piperazine rings is 1. The molecule has 2 aliphatic heterocycles. The maximum absolute atomic E-state index is 15.8. The monoisotopic (exact) mass is 558 g/mol. The summed E-state index contributed by atoms with van der Waals surface area (Å²) in [6, 6.07) is 10.7. The predicted molar refractivity (Wildman–Crippen MR) is 154 cm³/mol. The average molecular weight is 559 g/mol. The highest BCUT2D eigenvalue weighted by atomic mass is 19.1. The van der Waals surface area contributed by atoms with E-state index in [-0.39, 0.29) is 16.8 Å². The molecule has 2 saturated heterocycles. The minimum atomic E-state index is -1.38. The molecule has 0 amide bonds. The van der Waals surface area contributed by atoms with Crippen molar-refractivity contribution in [3.8, 4) is 11.4 Å². The molecule has 0 atom stereocenters. The fraction of sp³-hybridized carbons (Fsp3) is 0.333. The number of halogens is 1. The minimum absolute atomic E-state index is 0.0551. The Morgan fingerprint density at radius 1 is 1.00 bits per heavy atom. The van der Waals surface area contributed by atoms with Gasteiger partial charge in [0.2, 0.25) is 11.4 Å². The summed E-state index contributed by atoms with van der Waals surface area (Å²) in [5.41, 5.74) is 1.13. The Kier molecular flexibility index (Phi) is 7.27. The molecule has 4 aromatic rings. The van der Waals surface area contributed by atoms with E-state index in [0.717, 1.165) is 31.3 Å². The van der Waals surface area contributed by atoms with Gasteiger partial charge in [0.25, 0.3) is 0 Å². The van der Waals surface area contributed by atoms with Gasteiger partial charge in [0, 0.05) is 57.0 Å². The molecular weight excluding hydrogens is 527 g/mol. The zero-order chi connectivity index (χ0) is 28.5. The Labute approximate surface area is 236 Å². The van der Waals surface area contributed by atoms with Crippen molar-refractivity contribution in [2.24, 2.45) is 0 Å². The molecule has 212 valence electrons. The van der Waals surface area contributed by atoms with Crippen molar-refractivity contribution < 1.29 is 19.0 Å². The predicted octanol–water partition coefficient (Wildman–Crippen LogP) is 3.55. The van der Waals surface area contributed by atoms with Gasteiger partial charge in [-0.3, -0.25) is 9.69 Å². The van der Waals surface area contributed by atoms with Gasteiger partial charge in [-0.2, -0.15) is 0 Å². The molecule has 41 heavy (non-hydrogen) atoms. The van der Waals surface area contributed by atoms with Gasteiger partial charge in [-0.05, 0) is 55.8 Å². The number of hydrogen-bond acceptors (Lipinski definition) is 8. The van der Waals surface area contributed by atoms with Crippen LogP contribution in [-0.4, -0.2) is 76.9 Å². The topological polar surface area (TPSA) is 104 Å². The molecule has 0 aliphatic carbocycles. The van der Waals surface area contributed by atoms with E-state index in [9.17, 15) is 14.7 Å². The van der Waals surface area contributed by atoms with Crippen molar-refractivity contribution in [2.45, 2.75) is 19.4 Å². The number of carbonyl (C=O) groups is 1. The van der Waals surface area contributed by atoms with E-state index in [1.807, 2.05) is 34.1 Å². The van der Waals surface area contributed by atoms with Crippen LogP contribution in [0.15, 0.2) is 59.8 Å². The van der Waals surface area contributed by atoms with Gasteiger partial charge in [-0.1, -0.05) is 12.1 Å². The van der Waals surface area contributed by atoms with Gasteiger partial charge >= 0.3 is 5.97 Å². The van der Waals surface area contributed by atoms with Crippen LogP contribution < -0.4 is 20.0 Å². The van der Waals surface area contributed by atoms with Crippen LogP contribution in [0.2, 0.25) is 0 Å². The molecule has 0 spiro atoms. The first-order chi connectivity index (χ1) is 19.9. The second-order valence-corrected chi connectivity index (χ2v) is 10.4. The van der Waals surface area contributed by atoms with E-state index < -0.39 is 22.8 Å². The SMILES string of the molecule is COc1c(N2CCN(c3ncccn3)CC2)c(F)cc2c(=O)c(C(=O)O)cn(-c3ccc(CN4CCCC4)cc3)c12. The molecule has 11 heteroatoms. The summed E-state index contributed by atoms with van der Waals surface area (Å²) in [7, 11) is 1.44. The van der Waals surface area contributed by atoms with Gasteiger partial charge in [0.05, 0.1) is 12.5 Å². The molecule has 2 aromatic carbocycles. The lowest BCUT2D eigenvalue weighted by Gasteiger charge is -2.37. The summed E-state index contributed by atoms with van der Waals surface area (Å²) in [5, 5.41) is 9.75. The molecule has 0 unspecified atom stereocenters. The first-order valence-electron chi connectivity index (χ1n) is 13.7. The Bertz CT molecular complexity index is 1630. The number of rotatable bonds is 7. The number of carboxylic acid groups (broad SMARTS) is 1. The maximum atomic E-state index is 15.8. The summed E-state index contributed by atoms with van der Waals surface area (Å²) in [6.45, 7) is 5.06. The summed E-state index contributed by atoms with van der Waals surface area (Å²) in [4.78, 5) is 40.2. The normalized spacial score (nSPS) is 16.0. The highest BCUT2D eigenvalue weighted by Gasteiger charge is 2.28. The Morgan fingerprint density at radius 3 is 2.29 bits per heavy atom. The van der Waals surface area contributed by atoms with Gasteiger partial charge in [-0.25, -0.2) is 19.2 Å². The quantitative estimate of drug-likeness (QED) is 0.365. The molecular formula is C30H31FN6O4. The summed E-state index contributed by atoms with van der Waals surface area (Å²) in [6.07, 6.45) is 7.08. The van der Waals surface area contributed by atoms with Crippen LogP contribution in [0.4, 0.5) is 16.0 Å². The molecule has 0 radical (unpaired) electrons. The zero-order valence-electron chi connectivity index (χ0n) is 22.8. The smallest absolute Gasteiger partial charge is 0.341 e. The lowest BCUT2D eigenvalue weighted by Crippen LogP contribution is -2.47. The fourth-order valence-corrected chi connectivity index (χ4v) is 5.81. The largest absolute Gasteiger partial charge is 0.492 e. The van der Waals surface area contributed by atoms with E-state index in [1.165, 1.54) is 26.1 Å². The molecule has 10 nitrogen and oxygen atoms in total. The van der Waals surface area contributed by atoms with Crippen molar-refractivity contribution in [3.63, 3.8) is 0 Å². The average Bonchev–Trinajstić information content (AvgIpc) is 3.51. The minimum Gasteiger partial charge on any atom is -0.492 e. The van der Waals surface area contributed by atoms with Gasteiger partial charge < -0.3 is 24.2 Å². The van der Waals surface area contributed by atoms with Crippen LogP contribution in [0.5, 0.6) is 5.75 Å². The number of methoxy groups -OCH3 is 1. The van der Waals surface area contributed by atoms with Gasteiger partial charge in [0.1, 0.15) is 16.8 Å². The van der Waals surface area contributed by atoms with Crippen LogP contribution in [0.1, 0.15) is 28.8 Å². The molecule has 2 fully saturated rings. The first kappa shape index (κ1) is 26.7. The van der Waals surface area contributed by atoms with Crippen LogP contribution in [-0.2, 0) is 6.54 Å². The number of fused-ring (bicyclic) bond motifs is 1. The third-order valence-corrected chi connectivity index (χ3v) is 7.86. The maximum Gasteiger partial charge on any atom is 0.341 e. The lowest BCUT2D eigenvalue weighted by atomic mass is 10.1. The van der Waals surface area contributed by atoms with Gasteiger partial charge in [-0.15, -0.1) is 0 Å². The van der Waals surface area contributed by atoms with E-state index in [2.05, 4.69) is 14.9 Å². The highest BCUT2D eigenvalue weighted by molar-refractivity contribution is 5.97. The lowest BCUT2D eigenvalue weighted by molar-refractivity contribution is 0.0695. The number of anilines is 2. The van der Waals surface area contributed by atoms with Crippen LogP contribution >= 0.6 is 0 Å². The van der Waals surface area contributed by atoms with Crippen molar-refractivity contribution in [1.29, 1.82) is 0 Å². The third-order valence-electron chi connectivity index (χ3n) is 7.86. The number of hydrogen-bond donors (Lipinski definition) is 1. The van der Waals surface area contributed by atoms with Crippen molar-refractivity contribution >= 4 is 28.5 Å². The molecule has 2 aromatic heterocycles. The standard InChI is InChI=1S/C30H31FN6O4/c1-41-28-25-22(17-24(31)26(28)35-13-15-36(16-14-35)30-32-9-4-10-33-30)27(38)23(29(39)40)19-37(25)21-7-5-20(6-8-21)18-34-11-2-3-12-34/h4-10,17,19H,2-3,11-16,18H2,1H3,(H,39,40). The van der Waals surface area contributed by atoms with Gasteiger partial charge in [0.15, 0.2) is 11.6 Å². The van der Waals surface area contributed by atoms with Crippen LogP contribution in [0, 0.1) is 5.82 Å². The zero-order valence-corrected chi connectivity index (χ0v) is 22.8. The number of nitrogens with zero attached hydrogens (tertiary/aromatic N) is 6. The molecule has 0 saturated carbocycles. The fourth-order valence-electron chi connectivity index (χ4n) is 5.81. The van der Waals surface area contributed by atoms with E-state index in [0.29, 0.717) is 43.3 Å². The van der Waals surface area contributed by atoms with Crippen LogP contribution in [0.3, 0.4) is 0 Å². The number of ether oxygens (including phenoxy) is 1. The second-order valence-electron chi connectivity index (χ2n) is 10.4. The molecule has 1 N–H and O–H groups in total. The Balaban J connectivity index is 1.43. The molecule has 4 heterocycles. The van der Waals surface area contributed by atoms with E-state index >= 15 is 4.39 Å². The van der Waals surface area contributed by atoms with Crippen LogP contribution in [0.25, 0.3) is 16.6 Å². The second kappa shape index (κ2) is 11.2. The number of likely N-dealkylation sites (tertiary alicyclic amines) is 1. The van der Waals surface area contributed by atoms with E-state index in [4.69, 9.17) is 4.74 Å². The Morgan fingerprint density at radius 2 is 1.66 bits per heavy atom. The number of aromatic nitrogens is 3. The number of pyridine rings is 1. The van der Waals surface area contributed by atoms with Crippen molar-refractivity contribution in [1.82, 2.24) is 19.4 Å². The third kappa shape index (κ3) is 5.08. The van der Waals surface area contributed by atoms with Crippen molar-refractivity contribution in [2.75, 3.05) is 56.2 Å². The number of aromatic carboxylic acids is 1. The highest BCUT2D eigenvalue weighted by Crippen LogP contribution is 2.39. The molecule has 2 aliphatic rings. The summed E-state index contributed by atoms with van der Waals surface area (Å²) in [5.74, 6) is -1.23. The number of carboxylic acids is 1. The van der Waals surface area contributed by atoms with Crippen molar-refractivity contribution in [3.05, 3.63) is 82.2 Å². The molecule has 6 rings (SSSR count).